The molecular weight excluding hydrogens is 368 g/mol. The monoisotopic (exact) mass is 392 g/mol. The van der Waals surface area contributed by atoms with Crippen LogP contribution in [0, 0.1) is 0 Å². The molecule has 0 unspecified atom stereocenters. The molecule has 0 fully saturated rings. The van der Waals surface area contributed by atoms with Gasteiger partial charge in [0.2, 0.25) is 0 Å². The average Bonchev–Trinajstić information content (AvgIpc) is 2.70. The van der Waals surface area contributed by atoms with Crippen LogP contribution in [0.4, 0.5) is 0 Å². The van der Waals surface area contributed by atoms with E-state index in [1.807, 2.05) is 12.1 Å². The third kappa shape index (κ3) is 6.29. The molecule has 0 aromatic heterocycles. The van der Waals surface area contributed by atoms with Crippen molar-refractivity contribution in [1.82, 2.24) is 0 Å². The van der Waals surface area contributed by atoms with E-state index in [0.717, 1.165) is 5.56 Å². The summed E-state index contributed by atoms with van der Waals surface area (Å²) >= 11 is 0. The van der Waals surface area contributed by atoms with Crippen LogP contribution in [0.3, 0.4) is 0 Å². The Balaban J connectivity index is 1.74. The summed E-state index contributed by atoms with van der Waals surface area (Å²) in [5, 5.41) is 0. The number of carbonyl (C=O) groups excluding carboxylic acids is 1. The number of hydrogen-bond acceptors (Lipinski definition) is 6. The molecule has 27 heavy (non-hydrogen) atoms. The number of aryl methyl sites for hydroxylation is 1. The largest absolute Gasteiger partial charge is 0.493 e. The van der Waals surface area contributed by atoms with E-state index in [1.54, 1.807) is 50.6 Å². The van der Waals surface area contributed by atoms with Gasteiger partial charge in [-0.15, -0.1) is 0 Å². The molecule has 6 nitrogen and oxygen atoms in total. The highest BCUT2D eigenvalue weighted by molar-refractivity contribution is 7.91. The number of ether oxygens (including phenoxy) is 3. The van der Waals surface area contributed by atoms with Crippen LogP contribution in [-0.4, -0.2) is 41.0 Å². The second-order valence-electron chi connectivity index (χ2n) is 5.90. The fourth-order valence-electron chi connectivity index (χ4n) is 2.54. The van der Waals surface area contributed by atoms with Gasteiger partial charge in [-0.05, 0) is 42.7 Å². The van der Waals surface area contributed by atoms with Crippen LogP contribution in [0.5, 0.6) is 11.5 Å². The Morgan fingerprint density at radius 2 is 1.67 bits per heavy atom. The Hall–Kier alpha value is -2.54. The average molecular weight is 392 g/mol. The van der Waals surface area contributed by atoms with E-state index in [9.17, 15) is 13.2 Å². The number of hydrogen-bond donors (Lipinski definition) is 0. The van der Waals surface area contributed by atoms with Crippen molar-refractivity contribution in [2.45, 2.75) is 24.2 Å². The maximum Gasteiger partial charge on any atom is 0.306 e. The predicted molar refractivity (Wildman–Crippen MR) is 102 cm³/mol. The van der Waals surface area contributed by atoms with Crippen molar-refractivity contribution < 1.29 is 27.4 Å². The molecule has 0 saturated carbocycles. The summed E-state index contributed by atoms with van der Waals surface area (Å²) in [6.07, 6.45) is 0.974. The van der Waals surface area contributed by atoms with Crippen LogP contribution in [0.2, 0.25) is 0 Å². The minimum absolute atomic E-state index is 0.0556. The van der Waals surface area contributed by atoms with Gasteiger partial charge in [0.25, 0.3) is 0 Å². The molecule has 2 rings (SSSR count). The number of rotatable bonds is 10. The van der Waals surface area contributed by atoms with Crippen molar-refractivity contribution in [2.24, 2.45) is 0 Å². The van der Waals surface area contributed by atoms with Gasteiger partial charge >= 0.3 is 5.97 Å². The Kier molecular flexibility index (Phi) is 7.67. The van der Waals surface area contributed by atoms with Gasteiger partial charge in [0.05, 0.1) is 31.5 Å². The minimum atomic E-state index is -3.34. The third-order valence-electron chi connectivity index (χ3n) is 3.99. The molecule has 0 heterocycles. The van der Waals surface area contributed by atoms with E-state index in [4.69, 9.17) is 14.2 Å². The van der Waals surface area contributed by atoms with Gasteiger partial charge in [0.1, 0.15) is 0 Å². The molecule has 0 aliphatic heterocycles. The second kappa shape index (κ2) is 9.97. The lowest BCUT2D eigenvalue weighted by Crippen LogP contribution is -2.12. The quantitative estimate of drug-likeness (QED) is 0.457. The molecule has 0 saturated heterocycles. The van der Waals surface area contributed by atoms with Crippen molar-refractivity contribution >= 4 is 15.8 Å². The number of carbonyl (C=O) groups is 1. The van der Waals surface area contributed by atoms with Crippen molar-refractivity contribution in [3.05, 3.63) is 54.1 Å². The van der Waals surface area contributed by atoms with Gasteiger partial charge in [-0.1, -0.05) is 24.3 Å². The normalized spacial score (nSPS) is 11.0. The first-order valence-electron chi connectivity index (χ1n) is 8.60. The third-order valence-corrected chi connectivity index (χ3v) is 5.81. The molecule has 0 N–H and O–H groups in total. The van der Waals surface area contributed by atoms with Crippen LogP contribution in [-0.2, 0) is 25.8 Å². The molecular formula is C20H24O6S. The smallest absolute Gasteiger partial charge is 0.306 e. The number of esters is 1. The fraction of sp³-hybridized carbons (Fsp3) is 0.350. The molecule has 0 amide bonds. The van der Waals surface area contributed by atoms with Gasteiger partial charge in [0.15, 0.2) is 21.3 Å². The Morgan fingerprint density at radius 3 is 2.33 bits per heavy atom. The topological polar surface area (TPSA) is 78.9 Å². The minimum Gasteiger partial charge on any atom is -0.493 e. The second-order valence-corrected chi connectivity index (χ2v) is 8.00. The van der Waals surface area contributed by atoms with Crippen molar-refractivity contribution in [3.63, 3.8) is 0 Å². The first kappa shape index (κ1) is 20.8. The summed E-state index contributed by atoms with van der Waals surface area (Å²) in [6.45, 7) is 0.0802. The summed E-state index contributed by atoms with van der Waals surface area (Å²) in [4.78, 5) is 12.1. The van der Waals surface area contributed by atoms with Crippen molar-refractivity contribution in [3.8, 4) is 11.5 Å². The molecule has 146 valence electrons. The maximum absolute atomic E-state index is 12.1. The highest BCUT2D eigenvalue weighted by Crippen LogP contribution is 2.28. The molecule has 0 aliphatic rings. The summed E-state index contributed by atoms with van der Waals surface area (Å²) in [6, 6.07) is 13.7. The zero-order valence-corrected chi connectivity index (χ0v) is 16.3. The van der Waals surface area contributed by atoms with Gasteiger partial charge in [-0.2, -0.15) is 0 Å². The van der Waals surface area contributed by atoms with Crippen molar-refractivity contribution in [1.29, 1.82) is 0 Å². The van der Waals surface area contributed by atoms with E-state index in [-0.39, 0.29) is 36.1 Å². The Morgan fingerprint density at radius 1 is 0.963 bits per heavy atom. The zero-order chi connectivity index (χ0) is 19.7. The molecule has 7 heteroatoms. The first-order chi connectivity index (χ1) is 13.0. The number of sulfone groups is 1. The Bertz CT molecular complexity index is 846. The lowest BCUT2D eigenvalue weighted by molar-refractivity contribution is -0.143. The highest BCUT2D eigenvalue weighted by atomic mass is 32.2. The molecule has 0 bridgehead atoms. The van der Waals surface area contributed by atoms with Gasteiger partial charge in [-0.3, -0.25) is 4.79 Å². The maximum atomic E-state index is 12.1. The molecule has 2 aromatic carbocycles. The molecule has 0 atom stereocenters. The predicted octanol–water partition coefficient (Wildman–Crippen LogP) is 3.04. The number of methoxy groups -OCH3 is 2. The van der Waals surface area contributed by atoms with Crippen molar-refractivity contribution in [2.75, 3.05) is 26.6 Å². The van der Waals surface area contributed by atoms with E-state index in [1.165, 1.54) is 0 Å². The van der Waals surface area contributed by atoms with Crippen LogP contribution in [0.15, 0.2) is 53.4 Å². The summed E-state index contributed by atoms with van der Waals surface area (Å²) < 4.78 is 39.8. The van der Waals surface area contributed by atoms with Crippen LogP contribution in [0.1, 0.15) is 18.4 Å². The lowest BCUT2D eigenvalue weighted by Gasteiger charge is -2.09. The van der Waals surface area contributed by atoms with E-state index < -0.39 is 9.84 Å². The first-order valence-corrected chi connectivity index (χ1v) is 10.3. The molecule has 0 radical (unpaired) electrons. The zero-order valence-electron chi connectivity index (χ0n) is 15.5. The summed E-state index contributed by atoms with van der Waals surface area (Å²) in [7, 11) is -0.228. The van der Waals surface area contributed by atoms with Crippen LogP contribution in [0.25, 0.3) is 0 Å². The number of benzene rings is 2. The molecule has 0 aliphatic carbocycles. The lowest BCUT2D eigenvalue weighted by atomic mass is 10.1. The standard InChI is InChI=1S/C20H24O6S/c1-24-18-11-9-16(15-19(18)25-2)10-12-20(21)26-13-6-14-27(22,23)17-7-4-3-5-8-17/h3-5,7-9,11,15H,6,10,12-14H2,1-2H3. The van der Waals surface area contributed by atoms with Gasteiger partial charge in [0, 0.05) is 6.42 Å². The van der Waals surface area contributed by atoms with Gasteiger partial charge in [-0.25, -0.2) is 8.42 Å². The molecule has 2 aromatic rings. The van der Waals surface area contributed by atoms with E-state index in [2.05, 4.69) is 0 Å². The Labute approximate surface area is 160 Å². The van der Waals surface area contributed by atoms with Crippen LogP contribution >= 0.6 is 0 Å². The highest BCUT2D eigenvalue weighted by Gasteiger charge is 2.14. The van der Waals surface area contributed by atoms with Gasteiger partial charge < -0.3 is 14.2 Å². The van der Waals surface area contributed by atoms with Crippen LogP contribution < -0.4 is 9.47 Å². The SMILES string of the molecule is COc1ccc(CCC(=O)OCCCS(=O)(=O)c2ccccc2)cc1OC. The fourth-order valence-corrected chi connectivity index (χ4v) is 3.84. The van der Waals surface area contributed by atoms with E-state index >= 15 is 0 Å². The van der Waals surface area contributed by atoms with E-state index in [0.29, 0.717) is 17.9 Å². The molecule has 0 spiro atoms. The summed E-state index contributed by atoms with van der Waals surface area (Å²) in [5.74, 6) is 0.819. The summed E-state index contributed by atoms with van der Waals surface area (Å²) in [5.41, 5.74) is 0.927.